The van der Waals surface area contributed by atoms with Gasteiger partial charge in [0, 0.05) is 37.3 Å². The molecule has 0 spiro atoms. The van der Waals surface area contributed by atoms with E-state index >= 15 is 0 Å². The quantitative estimate of drug-likeness (QED) is 0.118. The summed E-state index contributed by atoms with van der Waals surface area (Å²) in [6, 6.07) is 52.6. The monoisotopic (exact) mass is 939 g/mol. The van der Waals surface area contributed by atoms with Crippen molar-refractivity contribution in [2.24, 2.45) is 0 Å². The van der Waals surface area contributed by atoms with Crippen molar-refractivity contribution in [3.05, 3.63) is 163 Å². The molecular weight excluding hydrogens is 893 g/mol. The van der Waals surface area contributed by atoms with Crippen molar-refractivity contribution in [2.45, 2.75) is 59.2 Å². The van der Waals surface area contributed by atoms with Gasteiger partial charge in [0.15, 0.2) is 0 Å². The standard InChI is InChI=1S/C40H38NO2Si.C11H8N.Ir/c1-24(2)33-22-27(26-18-20-28(21-19-26)44(5,6)7)23-34(25(3)4)37(33)31-14-11-16-35-39(31)43-40(41-35)32-15-10-13-30-29-12-8-9-17-36(29)42-38(30)32;1-2-6-10(7-3-1)11-8-4-5-9-12-11;/h8-14,16-25H,1-7H3;1-6,8-9H;/q2*-1;. The van der Waals surface area contributed by atoms with E-state index in [0.29, 0.717) is 17.7 Å². The largest absolute Gasteiger partial charge is 0.500 e. The predicted molar refractivity (Wildman–Crippen MR) is 236 cm³/mol. The van der Waals surface area contributed by atoms with Crippen molar-refractivity contribution in [3.8, 4) is 45.0 Å². The van der Waals surface area contributed by atoms with E-state index in [1.165, 1.54) is 33.0 Å². The van der Waals surface area contributed by atoms with Crippen LogP contribution in [0.1, 0.15) is 50.7 Å². The number of fused-ring (bicyclic) bond motifs is 4. The summed E-state index contributed by atoms with van der Waals surface area (Å²) in [4.78, 5) is 9.19. The number of oxazole rings is 1. The molecule has 9 aromatic rings. The summed E-state index contributed by atoms with van der Waals surface area (Å²) >= 11 is 0. The van der Waals surface area contributed by atoms with Gasteiger partial charge in [0.1, 0.15) is 17.1 Å². The Hall–Kier alpha value is -5.39. The average Bonchev–Trinajstić information content (AvgIpc) is 3.83. The Morgan fingerprint density at radius 1 is 0.614 bits per heavy atom. The molecule has 0 aliphatic heterocycles. The SMILES string of the molecule is CC(C)c1cc(-c2ccc([Si](C)(C)C)cc2)cc(C(C)C)c1-c1cccc2nc(-c3[c-]ccc4c3oc3ccccc34)oc12.[Ir].[c-]1ccccc1-c1ccccn1. The molecule has 0 saturated carbocycles. The third-order valence-corrected chi connectivity index (χ3v) is 12.5. The van der Waals surface area contributed by atoms with Crippen LogP contribution in [0.25, 0.3) is 78.0 Å². The van der Waals surface area contributed by atoms with Gasteiger partial charge in [-0.1, -0.05) is 137 Å². The topological polar surface area (TPSA) is 52.1 Å². The van der Waals surface area contributed by atoms with Crippen molar-refractivity contribution in [1.29, 1.82) is 0 Å². The summed E-state index contributed by atoms with van der Waals surface area (Å²) < 4.78 is 13.0. The molecule has 3 heterocycles. The third kappa shape index (κ3) is 8.08. The zero-order valence-corrected chi connectivity index (χ0v) is 36.9. The zero-order chi connectivity index (χ0) is 39.0. The summed E-state index contributed by atoms with van der Waals surface area (Å²) in [5.41, 5.74) is 13.4. The van der Waals surface area contributed by atoms with Crippen LogP contribution in [0.15, 0.2) is 148 Å². The predicted octanol–water partition coefficient (Wildman–Crippen LogP) is 13.9. The summed E-state index contributed by atoms with van der Waals surface area (Å²) in [6.07, 6.45) is 1.79. The van der Waals surface area contributed by atoms with Gasteiger partial charge in [-0.25, -0.2) is 0 Å². The van der Waals surface area contributed by atoms with E-state index in [1.807, 2.05) is 78.9 Å². The maximum absolute atomic E-state index is 6.67. The molecule has 0 aliphatic rings. The van der Waals surface area contributed by atoms with Crippen LogP contribution in [0.3, 0.4) is 0 Å². The number of aromatic nitrogens is 2. The third-order valence-electron chi connectivity index (χ3n) is 10.4. The van der Waals surface area contributed by atoms with Gasteiger partial charge < -0.3 is 13.8 Å². The molecule has 9 rings (SSSR count). The summed E-state index contributed by atoms with van der Waals surface area (Å²) in [7, 11) is -1.37. The van der Waals surface area contributed by atoms with Crippen molar-refractivity contribution in [1.82, 2.24) is 9.97 Å². The zero-order valence-electron chi connectivity index (χ0n) is 33.5. The summed E-state index contributed by atoms with van der Waals surface area (Å²) in [5, 5.41) is 3.59. The molecule has 1 radical (unpaired) electrons. The molecule has 6 heteroatoms. The second kappa shape index (κ2) is 16.6. The van der Waals surface area contributed by atoms with Crippen molar-refractivity contribution in [3.63, 3.8) is 0 Å². The van der Waals surface area contributed by atoms with E-state index in [-0.39, 0.29) is 20.1 Å². The average molecular weight is 939 g/mol. The van der Waals surface area contributed by atoms with Gasteiger partial charge in [-0.2, -0.15) is 0 Å². The number of hydrogen-bond acceptors (Lipinski definition) is 4. The second-order valence-corrected chi connectivity index (χ2v) is 21.1. The fraction of sp³-hybridized carbons (Fsp3) is 0.176. The number of nitrogens with zero attached hydrogens (tertiary/aromatic N) is 2. The Balaban J connectivity index is 0.000000326. The first kappa shape index (κ1) is 39.8. The van der Waals surface area contributed by atoms with Crippen LogP contribution in [0, 0.1) is 12.1 Å². The molecule has 0 saturated heterocycles. The fourth-order valence-electron chi connectivity index (χ4n) is 7.42. The van der Waals surface area contributed by atoms with Crippen molar-refractivity contribution < 1.29 is 28.9 Å². The molecule has 0 bridgehead atoms. The van der Waals surface area contributed by atoms with Crippen LogP contribution in [0.2, 0.25) is 19.6 Å². The number of para-hydroxylation sites is 2. The van der Waals surface area contributed by atoms with E-state index in [9.17, 15) is 0 Å². The molecule has 6 aromatic carbocycles. The Morgan fingerprint density at radius 2 is 1.33 bits per heavy atom. The Labute approximate surface area is 350 Å². The van der Waals surface area contributed by atoms with E-state index in [0.717, 1.165) is 55.4 Å². The molecule has 0 fully saturated rings. The van der Waals surface area contributed by atoms with Crippen LogP contribution >= 0.6 is 0 Å². The number of pyridine rings is 1. The summed E-state index contributed by atoms with van der Waals surface area (Å²) in [6.45, 7) is 16.3. The van der Waals surface area contributed by atoms with Crippen LogP contribution in [-0.2, 0) is 20.1 Å². The van der Waals surface area contributed by atoms with E-state index in [2.05, 4.69) is 119 Å². The fourth-order valence-corrected chi connectivity index (χ4v) is 8.58. The van der Waals surface area contributed by atoms with E-state index in [4.69, 9.17) is 13.8 Å². The first-order valence-electron chi connectivity index (χ1n) is 19.5. The molecule has 3 aromatic heterocycles. The van der Waals surface area contributed by atoms with Crippen LogP contribution in [0.4, 0.5) is 0 Å². The molecule has 0 atom stereocenters. The minimum atomic E-state index is -1.37. The maximum Gasteiger partial charge on any atom is 0.149 e. The number of furan rings is 1. The molecule has 0 amide bonds. The molecule has 57 heavy (non-hydrogen) atoms. The van der Waals surface area contributed by atoms with Crippen molar-refractivity contribution >= 4 is 46.3 Å². The Bertz CT molecular complexity index is 2710. The first-order valence-corrected chi connectivity index (χ1v) is 23.0. The molecule has 4 nitrogen and oxygen atoms in total. The molecule has 0 aliphatic carbocycles. The summed E-state index contributed by atoms with van der Waals surface area (Å²) in [5.74, 6) is 1.16. The van der Waals surface area contributed by atoms with Crippen LogP contribution in [0.5, 0.6) is 0 Å². The number of rotatable bonds is 7. The van der Waals surface area contributed by atoms with Gasteiger partial charge in [-0.3, -0.25) is 4.98 Å². The van der Waals surface area contributed by atoms with Crippen molar-refractivity contribution in [2.75, 3.05) is 0 Å². The second-order valence-electron chi connectivity index (χ2n) is 16.0. The number of benzene rings is 6. The van der Waals surface area contributed by atoms with Gasteiger partial charge in [0.25, 0.3) is 0 Å². The Morgan fingerprint density at radius 3 is 2.00 bits per heavy atom. The van der Waals surface area contributed by atoms with E-state index in [1.54, 1.807) is 6.20 Å². The van der Waals surface area contributed by atoms with Gasteiger partial charge in [-0.05, 0) is 69.1 Å². The van der Waals surface area contributed by atoms with Crippen LogP contribution in [-0.4, -0.2) is 18.0 Å². The Kier molecular flexibility index (Phi) is 11.6. The molecule has 0 unspecified atom stereocenters. The van der Waals surface area contributed by atoms with Gasteiger partial charge >= 0.3 is 0 Å². The van der Waals surface area contributed by atoms with Gasteiger partial charge in [0.05, 0.1) is 19.2 Å². The molecule has 287 valence electrons. The molecule has 0 N–H and O–H groups in total. The molecular formula is C51H46IrN2O2Si-2. The normalized spacial score (nSPS) is 11.6. The minimum Gasteiger partial charge on any atom is -0.500 e. The first-order chi connectivity index (χ1) is 27.1. The number of hydrogen-bond donors (Lipinski definition) is 0. The smallest absolute Gasteiger partial charge is 0.149 e. The van der Waals surface area contributed by atoms with Crippen LogP contribution < -0.4 is 5.19 Å². The van der Waals surface area contributed by atoms with Gasteiger partial charge in [-0.15, -0.1) is 54.1 Å². The minimum absolute atomic E-state index is 0. The maximum atomic E-state index is 6.67. The van der Waals surface area contributed by atoms with E-state index < -0.39 is 8.07 Å². The van der Waals surface area contributed by atoms with Gasteiger partial charge in [0.2, 0.25) is 0 Å².